The molecule has 0 bridgehead atoms. The molecule has 2 aromatic carbocycles. The molecule has 2 aliphatic rings. The predicted molar refractivity (Wildman–Crippen MR) is 159 cm³/mol. The minimum Gasteiger partial charge on any atom is -0.457 e. The summed E-state index contributed by atoms with van der Waals surface area (Å²) in [7, 11) is 3.71. The van der Waals surface area contributed by atoms with Crippen LogP contribution in [0.15, 0.2) is 61.6 Å². The van der Waals surface area contributed by atoms with Crippen LogP contribution in [-0.2, 0) is 11.8 Å². The number of carbonyl (C=O) groups excluding carboxylic acids is 1. The van der Waals surface area contributed by atoms with Gasteiger partial charge in [-0.05, 0) is 61.7 Å². The van der Waals surface area contributed by atoms with E-state index in [1.165, 1.54) is 12.4 Å². The van der Waals surface area contributed by atoms with Crippen LogP contribution < -0.4 is 15.0 Å². The van der Waals surface area contributed by atoms with Gasteiger partial charge in [-0.3, -0.25) is 4.79 Å². The van der Waals surface area contributed by atoms with E-state index < -0.39 is 0 Å². The van der Waals surface area contributed by atoms with Crippen LogP contribution in [0.3, 0.4) is 0 Å². The van der Waals surface area contributed by atoms with Crippen molar-refractivity contribution in [2.24, 2.45) is 12.5 Å². The van der Waals surface area contributed by atoms with E-state index in [0.29, 0.717) is 28.5 Å². The first-order valence-corrected chi connectivity index (χ1v) is 13.8. The van der Waals surface area contributed by atoms with Crippen LogP contribution in [0.2, 0.25) is 0 Å². The third kappa shape index (κ3) is 4.44. The minimum absolute atomic E-state index is 0.0264. The van der Waals surface area contributed by atoms with Crippen molar-refractivity contribution in [3.8, 4) is 11.5 Å². The summed E-state index contributed by atoms with van der Waals surface area (Å²) in [4.78, 5) is 34.2. The second-order valence-corrected chi connectivity index (χ2v) is 11.3. The van der Waals surface area contributed by atoms with Crippen LogP contribution in [0.5, 0.6) is 11.5 Å². The van der Waals surface area contributed by atoms with Gasteiger partial charge in [0.15, 0.2) is 5.82 Å². The first-order chi connectivity index (χ1) is 20.3. The highest BCUT2D eigenvalue weighted by Crippen LogP contribution is 2.50. The summed E-state index contributed by atoms with van der Waals surface area (Å²) in [5.74, 6) is 2.67. The molecule has 12 heteroatoms. The number of fused-ring (bicyclic) bond motifs is 2. The van der Waals surface area contributed by atoms with Crippen molar-refractivity contribution in [1.29, 1.82) is 0 Å². The summed E-state index contributed by atoms with van der Waals surface area (Å²) in [6, 6.07) is 11.9. The van der Waals surface area contributed by atoms with E-state index in [9.17, 15) is 4.79 Å². The van der Waals surface area contributed by atoms with Crippen molar-refractivity contribution >= 4 is 45.4 Å². The Kier molecular flexibility index (Phi) is 5.99. The van der Waals surface area contributed by atoms with Gasteiger partial charge in [-0.1, -0.05) is 11.8 Å². The molecule has 7 rings (SSSR count). The number of anilines is 3. The molecular formula is C30H30N10O2. The van der Waals surface area contributed by atoms with Crippen LogP contribution in [0.25, 0.3) is 22.1 Å². The molecule has 212 valence electrons. The van der Waals surface area contributed by atoms with E-state index in [-0.39, 0.29) is 17.4 Å². The Balaban J connectivity index is 1.05. The van der Waals surface area contributed by atoms with Gasteiger partial charge in [0.25, 0.3) is 0 Å². The Morgan fingerprint density at radius 3 is 2.76 bits per heavy atom. The zero-order valence-electron chi connectivity index (χ0n) is 23.7. The molecule has 3 aromatic heterocycles. The van der Waals surface area contributed by atoms with Gasteiger partial charge in [-0.25, -0.2) is 24.6 Å². The summed E-state index contributed by atoms with van der Waals surface area (Å²) >= 11 is 0. The molecule has 1 amide bonds. The SMILES string of the molecule is C=CC(=O)N(C)C1CC2(C1)CN(c1ncc3ncnc(Nc4ccc(Oc5ccc6c(c5)nnn6C)c(C)c4)c3n1)C2. The monoisotopic (exact) mass is 562 g/mol. The Hall–Kier alpha value is -5.13. The van der Waals surface area contributed by atoms with E-state index in [1.807, 2.05) is 57.4 Å². The van der Waals surface area contributed by atoms with E-state index in [2.05, 4.69) is 42.1 Å². The van der Waals surface area contributed by atoms with Crippen LogP contribution in [0, 0.1) is 12.3 Å². The Labute approximate surface area is 242 Å². The number of nitrogens with zero attached hydrogens (tertiary/aromatic N) is 9. The van der Waals surface area contributed by atoms with Crippen LogP contribution in [0.1, 0.15) is 18.4 Å². The fourth-order valence-electron chi connectivity index (χ4n) is 5.98. The maximum absolute atomic E-state index is 11.9. The molecule has 1 aliphatic carbocycles. The number of rotatable bonds is 7. The quantitative estimate of drug-likeness (QED) is 0.289. The van der Waals surface area contributed by atoms with Gasteiger partial charge in [0.05, 0.1) is 11.7 Å². The number of ether oxygens (including phenoxy) is 1. The van der Waals surface area contributed by atoms with E-state index in [1.54, 1.807) is 15.8 Å². The average Bonchev–Trinajstić information content (AvgIpc) is 3.32. The second-order valence-electron chi connectivity index (χ2n) is 11.3. The molecule has 42 heavy (non-hydrogen) atoms. The summed E-state index contributed by atoms with van der Waals surface area (Å²) in [5, 5.41) is 11.6. The maximum Gasteiger partial charge on any atom is 0.245 e. The number of aryl methyl sites for hydroxylation is 2. The smallest absolute Gasteiger partial charge is 0.245 e. The lowest BCUT2D eigenvalue weighted by atomic mass is 9.60. The van der Waals surface area contributed by atoms with Gasteiger partial charge >= 0.3 is 0 Å². The molecule has 0 atom stereocenters. The molecule has 12 nitrogen and oxygen atoms in total. The molecule has 1 saturated heterocycles. The predicted octanol–water partition coefficient (Wildman–Crippen LogP) is 4.16. The van der Waals surface area contributed by atoms with E-state index in [0.717, 1.165) is 54.0 Å². The van der Waals surface area contributed by atoms with E-state index in [4.69, 9.17) is 9.72 Å². The van der Waals surface area contributed by atoms with Crippen LogP contribution in [-0.4, -0.2) is 71.9 Å². The Morgan fingerprint density at radius 1 is 1.14 bits per heavy atom. The Morgan fingerprint density at radius 2 is 1.98 bits per heavy atom. The van der Waals surface area contributed by atoms with E-state index >= 15 is 0 Å². The minimum atomic E-state index is -0.0264. The second kappa shape index (κ2) is 9.75. The van der Waals surface area contributed by atoms with Crippen molar-refractivity contribution in [2.75, 3.05) is 30.4 Å². The molecule has 2 fully saturated rings. The molecule has 0 unspecified atom stereocenters. The van der Waals surface area contributed by atoms with Crippen molar-refractivity contribution in [3.05, 3.63) is 67.1 Å². The van der Waals surface area contributed by atoms with Crippen LogP contribution in [0.4, 0.5) is 17.5 Å². The van der Waals surface area contributed by atoms with Gasteiger partial charge in [0, 0.05) is 50.4 Å². The highest BCUT2D eigenvalue weighted by Gasteiger charge is 2.54. The van der Waals surface area contributed by atoms with Crippen molar-refractivity contribution in [2.45, 2.75) is 25.8 Å². The molecule has 1 spiro atoms. The lowest BCUT2D eigenvalue weighted by Crippen LogP contribution is -2.67. The summed E-state index contributed by atoms with van der Waals surface area (Å²) < 4.78 is 7.88. The molecule has 0 radical (unpaired) electrons. The molecular weight excluding hydrogens is 532 g/mol. The number of amides is 1. The zero-order chi connectivity index (χ0) is 29.0. The normalized spacial score (nSPS) is 15.8. The summed E-state index contributed by atoms with van der Waals surface area (Å²) in [6.07, 6.45) is 6.59. The number of benzene rings is 2. The average molecular weight is 563 g/mol. The van der Waals surface area contributed by atoms with Gasteiger partial charge < -0.3 is 19.9 Å². The highest BCUT2D eigenvalue weighted by atomic mass is 16.5. The van der Waals surface area contributed by atoms with Gasteiger partial charge in [0.1, 0.15) is 34.4 Å². The Bertz CT molecular complexity index is 1850. The first-order valence-electron chi connectivity index (χ1n) is 13.8. The number of carbonyl (C=O) groups is 1. The fourth-order valence-corrected chi connectivity index (χ4v) is 5.98. The number of likely N-dealkylation sites (N-methyl/N-ethyl adjacent to an activating group) is 1. The molecule has 1 aliphatic heterocycles. The largest absolute Gasteiger partial charge is 0.457 e. The number of hydrogen-bond acceptors (Lipinski definition) is 10. The van der Waals surface area contributed by atoms with Crippen LogP contribution >= 0.6 is 0 Å². The highest BCUT2D eigenvalue weighted by molar-refractivity contribution is 5.88. The molecule has 5 aromatic rings. The standard InChI is InChI=1S/C30H30N10O2/c1-5-26(41)38(3)20-12-30(13-20)15-40(16-30)29-31-14-23-27(35-29)28(33-17-32-23)34-19-6-9-25(18(2)10-19)42-21-7-8-24-22(11-21)36-37-39(24)4/h5-11,14,17,20H,1,12-13,15-16H2,2-4H3,(H,32,33,34). The fraction of sp³-hybridized carbons (Fsp3) is 0.300. The van der Waals surface area contributed by atoms with Crippen molar-refractivity contribution in [3.63, 3.8) is 0 Å². The summed E-state index contributed by atoms with van der Waals surface area (Å²) in [6.45, 7) is 7.32. The first kappa shape index (κ1) is 25.8. The zero-order valence-corrected chi connectivity index (χ0v) is 23.7. The molecule has 1 saturated carbocycles. The number of aromatic nitrogens is 7. The number of nitrogens with one attached hydrogen (secondary N) is 1. The lowest BCUT2D eigenvalue weighted by Gasteiger charge is -2.60. The van der Waals surface area contributed by atoms with Gasteiger partial charge in [-0.15, -0.1) is 5.10 Å². The topological polar surface area (TPSA) is 127 Å². The van der Waals surface area contributed by atoms with Gasteiger partial charge in [0.2, 0.25) is 11.9 Å². The molecule has 1 N–H and O–H groups in total. The number of hydrogen-bond donors (Lipinski definition) is 1. The maximum atomic E-state index is 11.9. The third-order valence-electron chi connectivity index (χ3n) is 8.35. The summed E-state index contributed by atoms with van der Waals surface area (Å²) in [5.41, 5.74) is 5.06. The van der Waals surface area contributed by atoms with Crippen molar-refractivity contribution in [1.82, 2.24) is 39.8 Å². The lowest BCUT2D eigenvalue weighted by molar-refractivity contribution is -0.132. The third-order valence-corrected chi connectivity index (χ3v) is 8.35. The van der Waals surface area contributed by atoms with Gasteiger partial charge in [-0.2, -0.15) is 0 Å². The van der Waals surface area contributed by atoms with Crippen molar-refractivity contribution < 1.29 is 9.53 Å². The molecule has 4 heterocycles.